The number of hydrogen-bond donors (Lipinski definition) is 2. The van der Waals surface area contributed by atoms with Gasteiger partial charge in [0.05, 0.1) is 0 Å². The lowest BCUT2D eigenvalue weighted by Gasteiger charge is -2.32. The largest absolute Gasteiger partial charge is 0.490 e. The normalized spacial score (nSPS) is 13.7. The van der Waals surface area contributed by atoms with E-state index in [9.17, 15) is 5.11 Å². The van der Waals surface area contributed by atoms with E-state index in [4.69, 9.17) is 4.74 Å². The van der Waals surface area contributed by atoms with E-state index in [2.05, 4.69) is 104 Å². The van der Waals surface area contributed by atoms with Gasteiger partial charge >= 0.3 is 0 Å². The third-order valence-electron chi connectivity index (χ3n) is 7.15. The maximum atomic E-state index is 10.2. The van der Waals surface area contributed by atoms with Gasteiger partial charge in [-0.1, -0.05) is 58.7 Å². The maximum absolute atomic E-state index is 10.2. The molecule has 2 aromatic rings. The molecule has 0 bridgehead atoms. The number of aliphatic hydroxyl groups excluding tert-OH is 1. The van der Waals surface area contributed by atoms with E-state index in [1.165, 1.54) is 4.91 Å². The molecule has 5 nitrogen and oxygen atoms in total. The van der Waals surface area contributed by atoms with Crippen molar-refractivity contribution in [3.63, 3.8) is 0 Å². The minimum atomic E-state index is -0.170. The first-order valence-corrected chi connectivity index (χ1v) is 15.9. The van der Waals surface area contributed by atoms with Crippen LogP contribution in [0.1, 0.15) is 96.7 Å². The Morgan fingerprint density at radius 1 is 1.05 bits per heavy atom. The molecule has 1 aromatic carbocycles. The summed E-state index contributed by atoms with van der Waals surface area (Å²) in [7, 11) is 2.78. The fraction of sp³-hybridized carbons (Fsp3) is 0.515. The summed E-state index contributed by atoms with van der Waals surface area (Å²) in [5.41, 5.74) is 3.71. The lowest BCUT2D eigenvalue weighted by Crippen LogP contribution is -2.36. The molecule has 0 amide bonds. The predicted molar refractivity (Wildman–Crippen MR) is 177 cm³/mol. The molecule has 2 rings (SSSR count). The Morgan fingerprint density at radius 2 is 1.65 bits per heavy atom. The van der Waals surface area contributed by atoms with Crippen LogP contribution in [-0.2, 0) is 11.7 Å². The van der Waals surface area contributed by atoms with E-state index in [1.807, 2.05) is 18.5 Å². The molecule has 1 aromatic heterocycles. The van der Waals surface area contributed by atoms with Crippen LogP contribution in [0.2, 0.25) is 0 Å². The molecule has 0 saturated heterocycles. The number of hydrogen-bond acceptors (Lipinski definition) is 6. The molecule has 1 heterocycles. The van der Waals surface area contributed by atoms with E-state index in [1.54, 1.807) is 11.8 Å². The summed E-state index contributed by atoms with van der Waals surface area (Å²) in [6, 6.07) is 6.23. The molecule has 40 heavy (non-hydrogen) atoms. The van der Waals surface area contributed by atoms with Crippen molar-refractivity contribution in [3.8, 4) is 5.75 Å². The van der Waals surface area contributed by atoms with Gasteiger partial charge in [0.25, 0.3) is 0 Å². The molecule has 3 unspecified atom stereocenters. The van der Waals surface area contributed by atoms with Gasteiger partial charge in [-0.15, -0.1) is 9.24 Å². The molecule has 3 atom stereocenters. The second-order valence-corrected chi connectivity index (χ2v) is 13.8. The van der Waals surface area contributed by atoms with E-state index >= 15 is 0 Å². The lowest BCUT2D eigenvalue weighted by molar-refractivity contribution is 0.0371. The minimum absolute atomic E-state index is 0.0695. The predicted octanol–water partition coefficient (Wildman–Crippen LogP) is 8.57. The SMILES string of the molecule is C=C(NCc1cnc(C(C)(C)P)nc1)c1cc(OC(C(CC)CC)C(CC)CO)cc(C(=C)S/C(C)=C\CC)c1. The standard InChI is InChI=1S/C33H50N3O2PS/c1-10-14-22(5)40-24(7)29-15-28(23(6)34-18-25-19-35-32(36-20-25)33(8,9)39)16-30(17-29)38-31(26(11-2)12-3)27(13-4)21-37/h14-17,19-20,26-27,31,34,37H,6-7,10-13,18,21,39H2,1-5,8-9H3/b22-14-. The van der Waals surface area contributed by atoms with Crippen molar-refractivity contribution in [1.82, 2.24) is 15.3 Å². The molecule has 0 fully saturated rings. The van der Waals surface area contributed by atoms with Crippen molar-refractivity contribution >= 4 is 31.6 Å². The summed E-state index contributed by atoms with van der Waals surface area (Å²) in [6.45, 7) is 24.3. The van der Waals surface area contributed by atoms with E-state index < -0.39 is 0 Å². The lowest BCUT2D eigenvalue weighted by atomic mass is 9.86. The number of ether oxygens (including phenoxy) is 1. The smallest absolute Gasteiger partial charge is 0.137 e. The second kappa shape index (κ2) is 16.3. The van der Waals surface area contributed by atoms with Crippen molar-refractivity contribution in [2.75, 3.05) is 6.61 Å². The van der Waals surface area contributed by atoms with Gasteiger partial charge in [-0.05, 0) is 81.0 Å². The summed E-state index contributed by atoms with van der Waals surface area (Å²) in [6.07, 6.45) is 9.69. The number of benzene rings is 1. The van der Waals surface area contributed by atoms with Crippen LogP contribution < -0.4 is 10.1 Å². The number of aliphatic hydroxyl groups is 1. The minimum Gasteiger partial charge on any atom is -0.490 e. The zero-order valence-electron chi connectivity index (χ0n) is 25.6. The van der Waals surface area contributed by atoms with Crippen LogP contribution in [0, 0.1) is 11.8 Å². The molecule has 7 heteroatoms. The zero-order chi connectivity index (χ0) is 29.9. The third kappa shape index (κ3) is 10.0. The number of thioether (sulfide) groups is 1. The fourth-order valence-electron chi connectivity index (χ4n) is 4.63. The Morgan fingerprint density at radius 3 is 2.17 bits per heavy atom. The molecule has 2 N–H and O–H groups in total. The van der Waals surface area contributed by atoms with Crippen molar-refractivity contribution in [1.29, 1.82) is 0 Å². The van der Waals surface area contributed by atoms with Gasteiger partial charge in [-0.3, -0.25) is 0 Å². The van der Waals surface area contributed by atoms with Crippen LogP contribution in [0.25, 0.3) is 10.6 Å². The maximum Gasteiger partial charge on any atom is 0.137 e. The van der Waals surface area contributed by atoms with Crippen LogP contribution in [-0.4, -0.2) is 27.8 Å². The first-order chi connectivity index (χ1) is 19.0. The van der Waals surface area contributed by atoms with Crippen molar-refractivity contribution < 1.29 is 9.84 Å². The summed E-state index contributed by atoms with van der Waals surface area (Å²) in [4.78, 5) is 11.2. The van der Waals surface area contributed by atoms with Crippen LogP contribution in [0.4, 0.5) is 0 Å². The third-order valence-corrected chi connectivity index (χ3v) is 8.38. The molecule has 0 saturated carbocycles. The van der Waals surface area contributed by atoms with Gasteiger partial charge in [-0.2, -0.15) is 0 Å². The first-order valence-electron chi connectivity index (χ1n) is 14.5. The van der Waals surface area contributed by atoms with Gasteiger partial charge in [0.1, 0.15) is 17.7 Å². The average molecular weight is 584 g/mol. The number of allylic oxidation sites excluding steroid dienone is 2. The molecular formula is C33H50N3O2PS. The highest BCUT2D eigenvalue weighted by Gasteiger charge is 2.28. The molecule has 220 valence electrons. The summed E-state index contributed by atoms with van der Waals surface area (Å²) in [5.74, 6) is 1.99. The topological polar surface area (TPSA) is 67.3 Å². The van der Waals surface area contributed by atoms with Crippen LogP contribution >= 0.6 is 21.0 Å². The van der Waals surface area contributed by atoms with Crippen LogP contribution in [0.3, 0.4) is 0 Å². The molecular weight excluding hydrogens is 533 g/mol. The van der Waals surface area contributed by atoms with Gasteiger partial charge in [0, 0.05) is 58.3 Å². The molecule has 0 aliphatic heterocycles. The average Bonchev–Trinajstić information content (AvgIpc) is 2.92. The molecule has 0 aliphatic rings. The van der Waals surface area contributed by atoms with Crippen LogP contribution in [0.15, 0.2) is 54.7 Å². The Balaban J connectivity index is 2.39. The van der Waals surface area contributed by atoms with E-state index in [0.29, 0.717) is 12.5 Å². The highest BCUT2D eigenvalue weighted by Crippen LogP contribution is 2.37. The molecule has 0 spiro atoms. The van der Waals surface area contributed by atoms with Gasteiger partial charge < -0.3 is 15.2 Å². The van der Waals surface area contributed by atoms with Crippen molar-refractivity contribution in [2.45, 2.75) is 92.0 Å². The van der Waals surface area contributed by atoms with Crippen molar-refractivity contribution in [3.05, 3.63) is 77.2 Å². The van der Waals surface area contributed by atoms with Gasteiger partial charge in [-0.25, -0.2) is 9.97 Å². The summed E-state index contributed by atoms with van der Waals surface area (Å²) >= 11 is 1.67. The zero-order valence-corrected chi connectivity index (χ0v) is 27.6. The summed E-state index contributed by atoms with van der Waals surface area (Å²) < 4.78 is 6.73. The van der Waals surface area contributed by atoms with Gasteiger partial charge in [0.15, 0.2) is 0 Å². The number of aromatic nitrogens is 2. The Kier molecular flexibility index (Phi) is 13.9. The highest BCUT2D eigenvalue weighted by molar-refractivity contribution is 8.11. The molecule has 0 radical (unpaired) electrons. The summed E-state index contributed by atoms with van der Waals surface area (Å²) in [5, 5.41) is 13.4. The number of nitrogens with zero attached hydrogens (tertiary/aromatic N) is 2. The fourth-order valence-corrected chi connectivity index (χ4v) is 5.65. The Bertz CT molecular complexity index is 1120. The van der Waals surface area contributed by atoms with E-state index in [-0.39, 0.29) is 23.8 Å². The van der Waals surface area contributed by atoms with Crippen LogP contribution in [0.5, 0.6) is 5.75 Å². The Labute approximate surface area is 249 Å². The monoisotopic (exact) mass is 583 g/mol. The number of rotatable bonds is 17. The van der Waals surface area contributed by atoms with Gasteiger partial charge in [0.2, 0.25) is 0 Å². The first kappa shape index (κ1) is 34.1. The quantitative estimate of drug-likeness (QED) is 0.182. The molecule has 0 aliphatic carbocycles. The van der Waals surface area contributed by atoms with E-state index in [0.717, 1.165) is 64.5 Å². The second-order valence-electron chi connectivity index (χ2n) is 11.0. The highest BCUT2D eigenvalue weighted by atomic mass is 32.2. The number of nitrogens with one attached hydrogen (secondary N) is 1. The van der Waals surface area contributed by atoms with Crippen molar-refractivity contribution in [2.24, 2.45) is 11.8 Å². The Hall–Kier alpha value is -2.14.